The first-order valence-electron chi connectivity index (χ1n) is 4.70. The molecule has 0 saturated heterocycles. The highest BCUT2D eigenvalue weighted by Crippen LogP contribution is 2.07. The average Bonchev–Trinajstić information content (AvgIpc) is 2.27. The van der Waals surface area contributed by atoms with E-state index in [1.54, 1.807) is 23.8 Å². The number of hydrogen-bond acceptors (Lipinski definition) is 5. The normalized spacial score (nSPS) is 10.1. The maximum atomic E-state index is 13.1. The van der Waals surface area contributed by atoms with Crippen molar-refractivity contribution in [1.82, 2.24) is 5.59 Å². The molecule has 0 bridgehead atoms. The Morgan fingerprint density at radius 1 is 1.44 bits per heavy atom. The van der Waals surface area contributed by atoms with Crippen LogP contribution in [0.3, 0.4) is 0 Å². The van der Waals surface area contributed by atoms with Crippen molar-refractivity contribution in [1.29, 1.82) is 0 Å². The molecule has 0 saturated carbocycles. The Bertz CT molecular complexity index is 347. The largest absolute Gasteiger partial charge is 0.376 e. The van der Waals surface area contributed by atoms with Crippen LogP contribution in [0, 0.1) is 5.82 Å². The molecule has 3 N–H and O–H groups in total. The summed E-state index contributed by atoms with van der Waals surface area (Å²) >= 11 is 0. The third-order valence-electron chi connectivity index (χ3n) is 1.84. The van der Waals surface area contributed by atoms with E-state index in [4.69, 9.17) is 10.6 Å². The molecule has 0 radical (unpaired) electrons. The lowest BCUT2D eigenvalue weighted by atomic mass is 10.2. The summed E-state index contributed by atoms with van der Waals surface area (Å²) in [7, 11) is 0. The molecule has 0 fully saturated rings. The van der Waals surface area contributed by atoms with Crippen molar-refractivity contribution in [2.75, 3.05) is 6.61 Å². The fraction of sp³-hybridized carbons (Fsp3) is 0.300. The van der Waals surface area contributed by atoms with Gasteiger partial charge < -0.3 is 9.57 Å². The van der Waals surface area contributed by atoms with E-state index in [1.807, 2.05) is 0 Å². The van der Waals surface area contributed by atoms with Crippen molar-refractivity contribution < 1.29 is 18.8 Å². The number of nitrogens with two attached hydrogens (primary N) is 1. The van der Waals surface area contributed by atoms with Crippen LogP contribution in [0.2, 0.25) is 0 Å². The zero-order chi connectivity index (χ0) is 11.8. The first-order valence-corrected chi connectivity index (χ1v) is 4.70. The van der Waals surface area contributed by atoms with Crippen LogP contribution in [-0.2, 0) is 21.0 Å². The molecule has 0 atom stereocenters. The van der Waals surface area contributed by atoms with Crippen molar-refractivity contribution in [3.8, 4) is 0 Å². The molecule has 0 aliphatic rings. The minimum Gasteiger partial charge on any atom is -0.376 e. The molecule has 1 aromatic carbocycles. The minimum atomic E-state index is -0.531. The number of rotatable bonds is 6. The Morgan fingerprint density at radius 3 is 2.88 bits per heavy atom. The van der Waals surface area contributed by atoms with E-state index < -0.39 is 5.97 Å². The van der Waals surface area contributed by atoms with Crippen LogP contribution in [0.4, 0.5) is 4.39 Å². The molecule has 6 heteroatoms. The first-order chi connectivity index (χ1) is 7.74. The van der Waals surface area contributed by atoms with Crippen molar-refractivity contribution in [3.63, 3.8) is 0 Å². The van der Waals surface area contributed by atoms with Crippen molar-refractivity contribution in [3.05, 3.63) is 35.6 Å². The fourth-order valence-corrected chi connectivity index (χ4v) is 1.07. The summed E-state index contributed by atoms with van der Waals surface area (Å²) in [6.07, 6.45) is 0.0542. The van der Waals surface area contributed by atoms with Crippen LogP contribution in [0.1, 0.15) is 12.0 Å². The van der Waals surface area contributed by atoms with E-state index in [1.165, 1.54) is 6.07 Å². The molecule has 0 spiro atoms. The van der Waals surface area contributed by atoms with Gasteiger partial charge in [0, 0.05) is 5.56 Å². The summed E-state index contributed by atoms with van der Waals surface area (Å²) in [6.45, 7) is 0.269. The Balaban J connectivity index is 2.21. The summed E-state index contributed by atoms with van der Waals surface area (Å²) in [5, 5.41) is 0. The van der Waals surface area contributed by atoms with Gasteiger partial charge in [-0.3, -0.25) is 4.79 Å². The van der Waals surface area contributed by atoms with Crippen molar-refractivity contribution >= 4 is 5.97 Å². The maximum absolute atomic E-state index is 13.1. The van der Waals surface area contributed by atoms with Crippen LogP contribution >= 0.6 is 0 Å². The smallest absolute Gasteiger partial charge is 0.328 e. The molecule has 0 aliphatic heterocycles. The van der Waals surface area contributed by atoms with Gasteiger partial charge in [0.1, 0.15) is 5.82 Å². The average molecular weight is 228 g/mol. The van der Waals surface area contributed by atoms with E-state index in [-0.39, 0.29) is 25.5 Å². The second-order valence-electron chi connectivity index (χ2n) is 2.99. The van der Waals surface area contributed by atoms with Crippen LogP contribution in [0.5, 0.6) is 0 Å². The van der Waals surface area contributed by atoms with Gasteiger partial charge in [0.25, 0.3) is 0 Å². The molecule has 0 amide bonds. The van der Waals surface area contributed by atoms with Crippen LogP contribution in [0.25, 0.3) is 0 Å². The maximum Gasteiger partial charge on any atom is 0.328 e. The molecule has 0 aromatic heterocycles. The Kier molecular flexibility index (Phi) is 5.41. The molecule has 0 heterocycles. The third kappa shape index (κ3) is 4.35. The monoisotopic (exact) mass is 228 g/mol. The van der Waals surface area contributed by atoms with Gasteiger partial charge in [0.05, 0.1) is 19.6 Å². The lowest BCUT2D eigenvalue weighted by molar-refractivity contribution is -0.152. The van der Waals surface area contributed by atoms with E-state index in [0.29, 0.717) is 5.56 Å². The predicted octanol–water partition coefficient (Wildman–Crippen LogP) is 0.654. The Morgan fingerprint density at radius 2 is 2.19 bits per heavy atom. The fourth-order valence-electron chi connectivity index (χ4n) is 1.07. The number of ether oxygens (including phenoxy) is 1. The molecule has 0 aliphatic carbocycles. The van der Waals surface area contributed by atoms with Gasteiger partial charge in [-0.15, -0.1) is 0 Å². The van der Waals surface area contributed by atoms with Gasteiger partial charge in [-0.2, -0.15) is 0 Å². The van der Waals surface area contributed by atoms with E-state index in [9.17, 15) is 9.18 Å². The quantitative estimate of drug-likeness (QED) is 0.425. The van der Waals surface area contributed by atoms with E-state index in [0.717, 1.165) is 0 Å². The van der Waals surface area contributed by atoms with Gasteiger partial charge in [-0.1, -0.05) is 23.8 Å². The second-order valence-corrected chi connectivity index (χ2v) is 2.99. The lowest BCUT2D eigenvalue weighted by Crippen LogP contribution is -2.26. The minimum absolute atomic E-state index is 0.0542. The van der Waals surface area contributed by atoms with Crippen molar-refractivity contribution in [2.45, 2.75) is 13.0 Å². The topological polar surface area (TPSA) is 73.6 Å². The number of benzene rings is 1. The zero-order valence-electron chi connectivity index (χ0n) is 8.61. The SMILES string of the molecule is NNOC(=O)CCOCc1ccccc1F. The molecule has 1 aromatic rings. The highest BCUT2D eigenvalue weighted by atomic mass is 19.1. The van der Waals surface area contributed by atoms with Gasteiger partial charge in [0.15, 0.2) is 0 Å². The number of halogens is 1. The number of hydrazine groups is 1. The predicted molar refractivity (Wildman–Crippen MR) is 54.1 cm³/mol. The Hall–Kier alpha value is -1.50. The molecule has 88 valence electrons. The molecular weight excluding hydrogens is 215 g/mol. The summed E-state index contributed by atoms with van der Waals surface area (Å²) in [6, 6.07) is 6.29. The van der Waals surface area contributed by atoms with E-state index in [2.05, 4.69) is 4.84 Å². The lowest BCUT2D eigenvalue weighted by Gasteiger charge is -2.04. The van der Waals surface area contributed by atoms with Gasteiger partial charge in [-0.05, 0) is 6.07 Å². The number of carbonyl (C=O) groups excluding carboxylic acids is 1. The zero-order valence-corrected chi connectivity index (χ0v) is 8.61. The number of nitrogens with one attached hydrogen (secondary N) is 1. The van der Waals surface area contributed by atoms with Crippen LogP contribution < -0.4 is 11.4 Å². The summed E-state index contributed by atoms with van der Waals surface area (Å²) < 4.78 is 18.2. The number of carbonyl (C=O) groups is 1. The highest BCUT2D eigenvalue weighted by Gasteiger charge is 2.03. The standard InChI is InChI=1S/C10H13FN2O3/c11-9-4-2-1-3-8(9)7-15-6-5-10(14)16-13-12/h1-4,13H,5-7,12H2. The number of hydrogen-bond donors (Lipinski definition) is 2. The molecule has 0 unspecified atom stereocenters. The molecular formula is C10H13FN2O3. The summed E-state index contributed by atoms with van der Waals surface area (Å²) in [5.41, 5.74) is 2.22. The second kappa shape index (κ2) is 6.89. The third-order valence-corrected chi connectivity index (χ3v) is 1.84. The van der Waals surface area contributed by atoms with Crippen LogP contribution in [-0.4, -0.2) is 12.6 Å². The molecule has 1 rings (SSSR count). The van der Waals surface area contributed by atoms with Gasteiger partial charge >= 0.3 is 5.97 Å². The van der Waals surface area contributed by atoms with Gasteiger partial charge in [-0.25, -0.2) is 10.2 Å². The van der Waals surface area contributed by atoms with E-state index >= 15 is 0 Å². The highest BCUT2D eigenvalue weighted by molar-refractivity contribution is 5.69. The van der Waals surface area contributed by atoms with Crippen LogP contribution in [0.15, 0.2) is 24.3 Å². The van der Waals surface area contributed by atoms with Crippen molar-refractivity contribution in [2.24, 2.45) is 5.84 Å². The summed E-state index contributed by atoms with van der Waals surface area (Å²) in [4.78, 5) is 15.1. The van der Waals surface area contributed by atoms with Gasteiger partial charge in [0.2, 0.25) is 0 Å². The first kappa shape index (κ1) is 12.6. The molecule has 16 heavy (non-hydrogen) atoms. The molecule has 5 nitrogen and oxygen atoms in total. The Labute approximate surface area is 92.3 Å². The summed E-state index contributed by atoms with van der Waals surface area (Å²) in [5.74, 6) is 3.90.